The minimum absolute atomic E-state index is 0.296. The molecule has 2 unspecified atom stereocenters. The van der Waals surface area contributed by atoms with Gasteiger partial charge >= 0.3 is 0 Å². The number of rotatable bonds is 5. The van der Waals surface area contributed by atoms with E-state index in [1.165, 1.54) is 41.6 Å². The molecule has 2 aromatic carbocycles. The number of amides is 1. The second-order valence-corrected chi connectivity index (χ2v) is 10.2. The predicted molar refractivity (Wildman–Crippen MR) is 131 cm³/mol. The van der Waals surface area contributed by atoms with Crippen LogP contribution in [0.15, 0.2) is 48.5 Å². The van der Waals surface area contributed by atoms with Crippen LogP contribution in [0.4, 0.5) is 5.69 Å². The quantitative estimate of drug-likeness (QED) is 0.666. The van der Waals surface area contributed by atoms with Gasteiger partial charge in [0.1, 0.15) is 0 Å². The third-order valence-electron chi connectivity index (χ3n) is 7.80. The minimum atomic E-state index is 0.296. The van der Waals surface area contributed by atoms with Gasteiger partial charge in [-0.05, 0) is 41.5 Å². The lowest BCUT2D eigenvalue weighted by molar-refractivity contribution is -0.120. The van der Waals surface area contributed by atoms with E-state index in [2.05, 4.69) is 77.1 Å². The molecule has 4 heteroatoms. The molecule has 2 aromatic rings. The maximum atomic E-state index is 13.5. The van der Waals surface area contributed by atoms with Crippen LogP contribution in [-0.4, -0.2) is 54.5 Å². The molecule has 1 saturated carbocycles. The van der Waals surface area contributed by atoms with E-state index < -0.39 is 0 Å². The van der Waals surface area contributed by atoms with Crippen molar-refractivity contribution in [2.24, 2.45) is 0 Å². The Bertz CT molecular complexity index is 930. The van der Waals surface area contributed by atoms with Crippen LogP contribution in [0.1, 0.15) is 68.1 Å². The predicted octanol–water partition coefficient (Wildman–Crippen LogP) is 5.00. The number of carbonyl (C=O) groups is 1. The lowest BCUT2D eigenvalue weighted by Crippen LogP contribution is -2.51. The molecule has 3 aliphatic rings. The van der Waals surface area contributed by atoms with Gasteiger partial charge in [-0.2, -0.15) is 0 Å². The SMILES string of the molecule is CC(C)c1ccc(CN2CCN(CC(=O)N3c4ccccc4C4CCCCC43)CC2)cc1. The smallest absolute Gasteiger partial charge is 0.241 e. The minimum Gasteiger partial charge on any atom is -0.307 e. The maximum absolute atomic E-state index is 13.5. The molecule has 32 heavy (non-hydrogen) atoms. The first kappa shape index (κ1) is 21.7. The van der Waals surface area contributed by atoms with Crippen molar-refractivity contribution in [3.05, 3.63) is 65.2 Å². The summed E-state index contributed by atoms with van der Waals surface area (Å²) in [5.41, 5.74) is 5.37. The monoisotopic (exact) mass is 431 g/mol. The van der Waals surface area contributed by atoms with Gasteiger partial charge in [0, 0.05) is 50.4 Å². The number of piperazine rings is 1. The van der Waals surface area contributed by atoms with Crippen molar-refractivity contribution in [1.82, 2.24) is 9.80 Å². The van der Waals surface area contributed by atoms with Gasteiger partial charge in [0.15, 0.2) is 0 Å². The van der Waals surface area contributed by atoms with Crippen molar-refractivity contribution in [1.29, 1.82) is 0 Å². The Morgan fingerprint density at radius 3 is 2.34 bits per heavy atom. The molecule has 2 heterocycles. The summed E-state index contributed by atoms with van der Waals surface area (Å²) in [6.07, 6.45) is 4.91. The standard InChI is InChI=1S/C28H37N3O/c1-21(2)23-13-11-22(12-14-23)19-29-15-17-30(18-16-29)20-28(32)31-26-9-5-3-7-24(26)25-8-4-6-10-27(25)31/h3,5,7,9,11-14,21,25,27H,4,6,8,10,15-20H2,1-2H3. The lowest BCUT2D eigenvalue weighted by Gasteiger charge is -2.37. The summed E-state index contributed by atoms with van der Waals surface area (Å²) in [4.78, 5) is 20.5. The fourth-order valence-electron chi connectivity index (χ4n) is 5.94. The summed E-state index contributed by atoms with van der Waals surface area (Å²) < 4.78 is 0. The van der Waals surface area contributed by atoms with Crippen molar-refractivity contribution in [3.8, 4) is 0 Å². The van der Waals surface area contributed by atoms with Crippen molar-refractivity contribution in [2.45, 2.75) is 64.0 Å². The van der Waals surface area contributed by atoms with Crippen LogP contribution in [0.5, 0.6) is 0 Å². The Balaban J connectivity index is 1.17. The molecule has 0 aromatic heterocycles. The topological polar surface area (TPSA) is 26.8 Å². The number of carbonyl (C=O) groups excluding carboxylic acids is 1. The first-order valence-corrected chi connectivity index (χ1v) is 12.5. The molecular formula is C28H37N3O. The summed E-state index contributed by atoms with van der Waals surface area (Å²) in [5.74, 6) is 1.42. The molecule has 1 aliphatic carbocycles. The van der Waals surface area contributed by atoms with Crippen LogP contribution in [0.25, 0.3) is 0 Å². The van der Waals surface area contributed by atoms with Gasteiger partial charge in [-0.3, -0.25) is 14.6 Å². The highest BCUT2D eigenvalue weighted by atomic mass is 16.2. The van der Waals surface area contributed by atoms with Crippen molar-refractivity contribution >= 4 is 11.6 Å². The average molecular weight is 432 g/mol. The van der Waals surface area contributed by atoms with E-state index in [0.717, 1.165) is 39.1 Å². The van der Waals surface area contributed by atoms with Gasteiger partial charge in [0.2, 0.25) is 5.91 Å². The molecular weight excluding hydrogens is 394 g/mol. The number of nitrogens with zero attached hydrogens (tertiary/aromatic N) is 3. The zero-order valence-corrected chi connectivity index (χ0v) is 19.7. The van der Waals surface area contributed by atoms with E-state index in [0.29, 0.717) is 30.3 Å². The molecule has 1 amide bonds. The van der Waals surface area contributed by atoms with Gasteiger partial charge in [-0.25, -0.2) is 0 Å². The largest absolute Gasteiger partial charge is 0.307 e. The summed E-state index contributed by atoms with van der Waals surface area (Å²) in [6, 6.07) is 18.1. The summed E-state index contributed by atoms with van der Waals surface area (Å²) in [5, 5.41) is 0. The molecule has 170 valence electrons. The van der Waals surface area contributed by atoms with E-state index in [-0.39, 0.29) is 0 Å². The molecule has 2 atom stereocenters. The fraction of sp³-hybridized carbons (Fsp3) is 0.536. The highest BCUT2D eigenvalue weighted by Gasteiger charge is 2.42. The van der Waals surface area contributed by atoms with Crippen LogP contribution in [0, 0.1) is 0 Å². The number of benzene rings is 2. The zero-order valence-electron chi connectivity index (χ0n) is 19.7. The van der Waals surface area contributed by atoms with Gasteiger partial charge in [-0.1, -0.05) is 69.2 Å². The summed E-state index contributed by atoms with van der Waals surface area (Å²) >= 11 is 0. The van der Waals surface area contributed by atoms with Crippen LogP contribution in [0.3, 0.4) is 0 Å². The normalized spacial score (nSPS) is 23.9. The molecule has 0 radical (unpaired) electrons. The van der Waals surface area contributed by atoms with E-state index in [1.807, 2.05) is 0 Å². The third kappa shape index (κ3) is 4.35. The lowest BCUT2D eigenvalue weighted by atomic mass is 9.82. The Labute approximate surface area is 193 Å². The Morgan fingerprint density at radius 2 is 1.59 bits per heavy atom. The molecule has 2 fully saturated rings. The number of fused-ring (bicyclic) bond motifs is 3. The molecule has 0 bridgehead atoms. The van der Waals surface area contributed by atoms with Gasteiger partial charge in [-0.15, -0.1) is 0 Å². The maximum Gasteiger partial charge on any atom is 0.241 e. The molecule has 5 rings (SSSR count). The number of para-hydroxylation sites is 1. The van der Waals surface area contributed by atoms with E-state index in [9.17, 15) is 4.79 Å². The Morgan fingerprint density at radius 1 is 0.906 bits per heavy atom. The van der Waals surface area contributed by atoms with Crippen LogP contribution in [0.2, 0.25) is 0 Å². The van der Waals surface area contributed by atoms with Crippen LogP contribution < -0.4 is 4.90 Å². The molecule has 4 nitrogen and oxygen atoms in total. The second kappa shape index (κ2) is 9.36. The molecule has 0 spiro atoms. The molecule has 1 saturated heterocycles. The van der Waals surface area contributed by atoms with Crippen LogP contribution >= 0.6 is 0 Å². The Kier molecular flexibility index (Phi) is 6.34. The highest BCUT2D eigenvalue weighted by Crippen LogP contribution is 2.47. The number of hydrogen-bond donors (Lipinski definition) is 0. The van der Waals surface area contributed by atoms with Crippen molar-refractivity contribution < 1.29 is 4.79 Å². The van der Waals surface area contributed by atoms with E-state index in [4.69, 9.17) is 0 Å². The zero-order chi connectivity index (χ0) is 22.1. The highest BCUT2D eigenvalue weighted by molar-refractivity contribution is 5.98. The first-order chi connectivity index (χ1) is 15.6. The van der Waals surface area contributed by atoms with Crippen molar-refractivity contribution in [3.63, 3.8) is 0 Å². The summed E-state index contributed by atoms with van der Waals surface area (Å²) in [7, 11) is 0. The first-order valence-electron chi connectivity index (χ1n) is 12.5. The fourth-order valence-corrected chi connectivity index (χ4v) is 5.94. The van der Waals surface area contributed by atoms with E-state index >= 15 is 0 Å². The van der Waals surface area contributed by atoms with Gasteiger partial charge < -0.3 is 4.90 Å². The molecule has 0 N–H and O–H groups in total. The second-order valence-electron chi connectivity index (χ2n) is 10.2. The van der Waals surface area contributed by atoms with Crippen LogP contribution in [-0.2, 0) is 11.3 Å². The van der Waals surface area contributed by atoms with Gasteiger partial charge in [0.25, 0.3) is 0 Å². The van der Waals surface area contributed by atoms with E-state index in [1.54, 1.807) is 0 Å². The number of hydrogen-bond acceptors (Lipinski definition) is 3. The van der Waals surface area contributed by atoms with Crippen molar-refractivity contribution in [2.75, 3.05) is 37.6 Å². The number of anilines is 1. The average Bonchev–Trinajstić information content (AvgIpc) is 3.15. The van der Waals surface area contributed by atoms with Gasteiger partial charge in [0.05, 0.1) is 6.54 Å². The Hall–Kier alpha value is -2.17. The third-order valence-corrected chi connectivity index (χ3v) is 7.80. The summed E-state index contributed by atoms with van der Waals surface area (Å²) in [6.45, 7) is 10.0. The molecule has 2 aliphatic heterocycles.